The summed E-state index contributed by atoms with van der Waals surface area (Å²) in [5.74, 6) is 1.75. The Bertz CT molecular complexity index is 702. The normalized spacial score (nSPS) is 17.3. The molecule has 2 aromatic rings. The van der Waals surface area contributed by atoms with E-state index in [9.17, 15) is 4.79 Å². The lowest BCUT2D eigenvalue weighted by molar-refractivity contribution is -0.116. The van der Waals surface area contributed by atoms with Gasteiger partial charge < -0.3 is 10.1 Å². The number of hydrogen-bond acceptors (Lipinski definition) is 3. The molecule has 0 bridgehead atoms. The number of carbonyl (C=O) groups excluding carboxylic acids is 1. The number of nitrogens with zero attached hydrogens (tertiary/aromatic N) is 2. The molecular formula is C18H23N3O2. The number of fused-ring (bicyclic) bond motifs is 1. The third kappa shape index (κ3) is 3.09. The van der Waals surface area contributed by atoms with Crippen LogP contribution in [0.25, 0.3) is 0 Å². The van der Waals surface area contributed by atoms with E-state index in [-0.39, 0.29) is 24.0 Å². The highest BCUT2D eigenvalue weighted by atomic mass is 16.5. The third-order valence-corrected chi connectivity index (χ3v) is 3.99. The van der Waals surface area contributed by atoms with Crippen LogP contribution in [0.1, 0.15) is 57.2 Å². The van der Waals surface area contributed by atoms with Gasteiger partial charge in [-0.15, -0.1) is 0 Å². The minimum atomic E-state index is 0.0346. The SMILES string of the molecule is CC(C)Oc1ccc([C@H]2CC(=O)Nc3c2cnn3C(C)C)cc1. The second kappa shape index (κ2) is 6.07. The van der Waals surface area contributed by atoms with Gasteiger partial charge >= 0.3 is 0 Å². The summed E-state index contributed by atoms with van der Waals surface area (Å²) in [6, 6.07) is 8.22. The maximum absolute atomic E-state index is 12.1. The smallest absolute Gasteiger partial charge is 0.226 e. The molecule has 0 radical (unpaired) electrons. The highest BCUT2D eigenvalue weighted by Crippen LogP contribution is 2.38. The van der Waals surface area contributed by atoms with Gasteiger partial charge in [0, 0.05) is 23.9 Å². The zero-order valence-electron chi connectivity index (χ0n) is 14.0. The van der Waals surface area contributed by atoms with Gasteiger partial charge in [0.15, 0.2) is 0 Å². The molecule has 1 aliphatic heterocycles. The van der Waals surface area contributed by atoms with Crippen molar-refractivity contribution in [1.82, 2.24) is 9.78 Å². The van der Waals surface area contributed by atoms with Gasteiger partial charge in [0.25, 0.3) is 0 Å². The molecule has 1 aromatic heterocycles. The number of hydrogen-bond donors (Lipinski definition) is 1. The summed E-state index contributed by atoms with van der Waals surface area (Å²) in [4.78, 5) is 12.1. The maximum atomic E-state index is 12.1. The summed E-state index contributed by atoms with van der Waals surface area (Å²) in [6.07, 6.45) is 2.47. The van der Waals surface area contributed by atoms with Crippen molar-refractivity contribution in [1.29, 1.82) is 0 Å². The third-order valence-electron chi connectivity index (χ3n) is 3.99. The van der Waals surface area contributed by atoms with Crippen molar-refractivity contribution in [3.63, 3.8) is 0 Å². The molecule has 0 saturated carbocycles. The highest BCUT2D eigenvalue weighted by Gasteiger charge is 2.30. The summed E-state index contributed by atoms with van der Waals surface area (Å²) in [6.45, 7) is 8.13. The standard InChI is InChI=1S/C18H23N3O2/c1-11(2)21-18-16(10-19-21)15(9-17(22)20-18)13-5-7-14(8-6-13)23-12(3)4/h5-8,10-12,15H,9H2,1-4H3,(H,20,22)/t15-/m1/s1. The Morgan fingerprint density at radius 2 is 1.91 bits per heavy atom. The number of ether oxygens (including phenoxy) is 1. The zero-order valence-corrected chi connectivity index (χ0v) is 14.0. The Morgan fingerprint density at radius 1 is 1.22 bits per heavy atom. The lowest BCUT2D eigenvalue weighted by atomic mass is 9.87. The van der Waals surface area contributed by atoms with Crippen LogP contribution in [0, 0.1) is 0 Å². The predicted octanol–water partition coefficient (Wildman–Crippen LogP) is 3.73. The van der Waals surface area contributed by atoms with E-state index in [1.54, 1.807) is 0 Å². The average Bonchev–Trinajstić information content (AvgIpc) is 2.90. The minimum Gasteiger partial charge on any atom is -0.491 e. The maximum Gasteiger partial charge on any atom is 0.226 e. The van der Waals surface area contributed by atoms with Crippen LogP contribution in [0.2, 0.25) is 0 Å². The number of amides is 1. The molecule has 0 saturated heterocycles. The van der Waals surface area contributed by atoms with Crippen molar-refractivity contribution in [2.24, 2.45) is 0 Å². The topological polar surface area (TPSA) is 56.1 Å². The fourth-order valence-corrected chi connectivity index (χ4v) is 2.98. The fourth-order valence-electron chi connectivity index (χ4n) is 2.98. The molecule has 3 rings (SSSR count). The Hall–Kier alpha value is -2.30. The van der Waals surface area contributed by atoms with Crippen molar-refractivity contribution in [2.45, 2.75) is 52.2 Å². The van der Waals surface area contributed by atoms with Crippen LogP contribution < -0.4 is 10.1 Å². The summed E-state index contributed by atoms with van der Waals surface area (Å²) < 4.78 is 7.56. The Labute approximate surface area is 136 Å². The van der Waals surface area contributed by atoms with Crippen molar-refractivity contribution in [2.75, 3.05) is 5.32 Å². The number of nitrogens with one attached hydrogen (secondary N) is 1. The molecule has 5 heteroatoms. The van der Waals surface area contributed by atoms with Gasteiger partial charge in [0.1, 0.15) is 11.6 Å². The summed E-state index contributed by atoms with van der Waals surface area (Å²) in [5.41, 5.74) is 2.19. The molecule has 23 heavy (non-hydrogen) atoms. The van der Waals surface area contributed by atoms with Crippen LogP contribution in [-0.2, 0) is 4.79 Å². The lowest BCUT2D eigenvalue weighted by Crippen LogP contribution is -2.25. The van der Waals surface area contributed by atoms with Gasteiger partial charge in [-0.05, 0) is 45.4 Å². The lowest BCUT2D eigenvalue weighted by Gasteiger charge is -2.24. The summed E-state index contributed by atoms with van der Waals surface area (Å²) in [5, 5.41) is 7.41. The molecule has 0 spiro atoms. The Balaban J connectivity index is 1.93. The number of anilines is 1. The van der Waals surface area contributed by atoms with Crippen LogP contribution in [-0.4, -0.2) is 21.8 Å². The van der Waals surface area contributed by atoms with Gasteiger partial charge in [0.2, 0.25) is 5.91 Å². The van der Waals surface area contributed by atoms with E-state index < -0.39 is 0 Å². The summed E-state index contributed by atoms with van der Waals surface area (Å²) >= 11 is 0. The van der Waals surface area contributed by atoms with Crippen molar-refractivity contribution < 1.29 is 9.53 Å². The zero-order chi connectivity index (χ0) is 16.6. The second-order valence-corrected chi connectivity index (χ2v) is 6.53. The van der Waals surface area contributed by atoms with E-state index in [2.05, 4.69) is 24.3 Å². The molecule has 0 fully saturated rings. The Kier molecular flexibility index (Phi) is 4.11. The first-order valence-corrected chi connectivity index (χ1v) is 8.09. The molecule has 122 valence electrons. The van der Waals surface area contributed by atoms with E-state index in [0.717, 1.165) is 22.7 Å². The molecule has 0 unspecified atom stereocenters. The molecule has 1 atom stereocenters. The molecular weight excluding hydrogens is 290 g/mol. The van der Waals surface area contributed by atoms with E-state index in [1.165, 1.54) is 0 Å². The summed E-state index contributed by atoms with van der Waals surface area (Å²) in [7, 11) is 0. The van der Waals surface area contributed by atoms with Crippen LogP contribution in [0.15, 0.2) is 30.5 Å². The molecule has 2 heterocycles. The van der Waals surface area contributed by atoms with Gasteiger partial charge in [-0.2, -0.15) is 5.10 Å². The quantitative estimate of drug-likeness (QED) is 0.936. The number of carbonyl (C=O) groups is 1. The molecule has 5 nitrogen and oxygen atoms in total. The van der Waals surface area contributed by atoms with E-state index in [4.69, 9.17) is 4.74 Å². The van der Waals surface area contributed by atoms with Crippen LogP contribution >= 0.6 is 0 Å². The first kappa shape index (κ1) is 15.6. The van der Waals surface area contributed by atoms with Gasteiger partial charge in [-0.3, -0.25) is 4.79 Å². The monoisotopic (exact) mass is 313 g/mol. The first-order valence-electron chi connectivity index (χ1n) is 8.09. The van der Waals surface area contributed by atoms with E-state index >= 15 is 0 Å². The van der Waals surface area contributed by atoms with E-state index in [1.807, 2.05) is 49.0 Å². The molecule has 1 aromatic carbocycles. The molecule has 1 aliphatic rings. The molecule has 0 aliphatic carbocycles. The number of aromatic nitrogens is 2. The van der Waals surface area contributed by atoms with Gasteiger partial charge in [-0.25, -0.2) is 4.68 Å². The van der Waals surface area contributed by atoms with E-state index in [0.29, 0.717) is 6.42 Å². The fraction of sp³-hybridized carbons (Fsp3) is 0.444. The number of benzene rings is 1. The second-order valence-electron chi connectivity index (χ2n) is 6.53. The Morgan fingerprint density at radius 3 is 2.52 bits per heavy atom. The highest BCUT2D eigenvalue weighted by molar-refractivity contribution is 5.94. The van der Waals surface area contributed by atoms with Crippen LogP contribution in [0.3, 0.4) is 0 Å². The van der Waals surface area contributed by atoms with Crippen molar-refractivity contribution >= 4 is 11.7 Å². The number of rotatable bonds is 4. The largest absolute Gasteiger partial charge is 0.491 e. The van der Waals surface area contributed by atoms with Crippen LogP contribution in [0.4, 0.5) is 5.82 Å². The van der Waals surface area contributed by atoms with Crippen LogP contribution in [0.5, 0.6) is 5.75 Å². The van der Waals surface area contributed by atoms with Gasteiger partial charge in [-0.1, -0.05) is 12.1 Å². The van der Waals surface area contributed by atoms with Crippen molar-refractivity contribution in [3.8, 4) is 5.75 Å². The average molecular weight is 313 g/mol. The molecule has 1 amide bonds. The first-order chi connectivity index (χ1) is 11.0. The molecule has 1 N–H and O–H groups in total. The minimum absolute atomic E-state index is 0.0346. The predicted molar refractivity (Wildman–Crippen MR) is 89.9 cm³/mol. The van der Waals surface area contributed by atoms with Crippen molar-refractivity contribution in [3.05, 3.63) is 41.6 Å². The van der Waals surface area contributed by atoms with Gasteiger partial charge in [0.05, 0.1) is 12.3 Å².